The molecule has 6 heterocycles. The van der Waals surface area contributed by atoms with Crippen LogP contribution >= 0.6 is 0 Å². The number of ketones is 1. The van der Waals surface area contributed by atoms with Crippen LogP contribution in [0.2, 0.25) is 0 Å². The van der Waals surface area contributed by atoms with Crippen LogP contribution < -0.4 is 0 Å². The fourth-order valence-electron chi connectivity index (χ4n) is 13.2. The monoisotopic (exact) mass is 1180 g/mol. The molecule has 5 atom stereocenters. The Morgan fingerprint density at radius 3 is 1.58 bits per heavy atom. The van der Waals surface area contributed by atoms with Gasteiger partial charge in [-0.3, -0.25) is 14.8 Å². The van der Waals surface area contributed by atoms with E-state index in [2.05, 4.69) is 30.1 Å². The van der Waals surface area contributed by atoms with Gasteiger partial charge in [-0.2, -0.15) is 18.8 Å². The van der Waals surface area contributed by atoms with Crippen LogP contribution in [0.1, 0.15) is 109 Å². The summed E-state index contributed by atoms with van der Waals surface area (Å²) in [5.74, 6) is -2.12. The quantitative estimate of drug-likeness (QED) is 0.0800. The van der Waals surface area contributed by atoms with Gasteiger partial charge in [0, 0.05) is 74.5 Å². The minimum atomic E-state index is -3.93. The lowest BCUT2D eigenvalue weighted by Crippen LogP contribution is -2.51. The lowest BCUT2D eigenvalue weighted by molar-refractivity contribution is 0.00864. The summed E-state index contributed by atoms with van der Waals surface area (Å²) in [6.07, 6.45) is 20.9. The second kappa shape index (κ2) is 21.1. The number of allylic oxidation sites excluding steroid dienone is 1. The van der Waals surface area contributed by atoms with E-state index in [1.54, 1.807) is 77.9 Å². The molecule has 4 saturated carbocycles. The summed E-state index contributed by atoms with van der Waals surface area (Å²) < 4.78 is 121. The number of Topliss-reactive ketones (excluding diaryl/α,β-unsaturated/α-hetero) is 1. The van der Waals surface area contributed by atoms with Crippen LogP contribution in [0.3, 0.4) is 0 Å². The van der Waals surface area contributed by atoms with Crippen molar-refractivity contribution in [2.75, 3.05) is 0 Å². The fourth-order valence-corrected chi connectivity index (χ4v) is 17.0. The number of halogens is 4. The molecule has 6 aliphatic rings. The summed E-state index contributed by atoms with van der Waals surface area (Å²) in [5, 5.41) is 21.1. The van der Waals surface area contributed by atoms with Crippen molar-refractivity contribution in [2.24, 2.45) is 24.9 Å². The van der Waals surface area contributed by atoms with Gasteiger partial charge in [0.25, 0.3) is 20.0 Å². The molecule has 2 aromatic carbocycles. The summed E-state index contributed by atoms with van der Waals surface area (Å²) in [7, 11) is -4.37. The predicted octanol–water partition coefficient (Wildman–Crippen LogP) is 8.84. The second-order valence-electron chi connectivity index (χ2n) is 23.0. The van der Waals surface area contributed by atoms with E-state index >= 15 is 0 Å². The number of rotatable bonds is 14. The van der Waals surface area contributed by atoms with Gasteiger partial charge in [-0.1, -0.05) is 11.1 Å². The zero-order valence-corrected chi connectivity index (χ0v) is 47.4. The first-order chi connectivity index (χ1) is 40.3. The van der Waals surface area contributed by atoms with Crippen molar-refractivity contribution in [1.29, 1.82) is 0 Å². The van der Waals surface area contributed by atoms with Crippen LogP contribution in [0, 0.1) is 34.1 Å². The van der Waals surface area contributed by atoms with Crippen molar-refractivity contribution < 1.29 is 44.3 Å². The number of hydrogen-bond donors (Lipinski definition) is 1. The SMILES string of the molecule is Cn1cnc(S(=O)(=O)N(C2CC2)[C@H]2CCC3=Cc4c(cnn4-c4ccc(F)cc4)C[C@]3(C(=O)c3cc(F)ccn3)C2)c1.Cn1cnc(S(=O)(=O)N(C2CC2)[C@H]2CCC3=Cc4c(cnn4-c4ccc(F)cc4)C[C@]3(C(O)c3cc(F)ccn3)C2)c1. The molecule has 0 spiro atoms. The van der Waals surface area contributed by atoms with E-state index in [1.807, 2.05) is 12.2 Å². The van der Waals surface area contributed by atoms with E-state index in [-0.39, 0.29) is 63.8 Å². The van der Waals surface area contributed by atoms with Crippen molar-refractivity contribution in [1.82, 2.24) is 57.2 Å². The molecule has 0 aliphatic heterocycles. The van der Waals surface area contributed by atoms with Gasteiger partial charge in [-0.25, -0.2) is 53.7 Å². The smallest absolute Gasteiger partial charge is 0.262 e. The molecule has 14 rings (SSSR count). The van der Waals surface area contributed by atoms with E-state index in [1.165, 1.54) is 79.9 Å². The number of sulfonamides is 2. The number of aliphatic hydroxyl groups is 1. The number of carbonyl (C=O) groups excluding carboxylic acids is 1. The summed E-state index contributed by atoms with van der Waals surface area (Å²) >= 11 is 0. The number of pyridine rings is 2. The van der Waals surface area contributed by atoms with Gasteiger partial charge in [0.05, 0.1) is 58.9 Å². The molecule has 24 heteroatoms. The maximum Gasteiger partial charge on any atom is 0.262 e. The normalized spacial score (nSPS) is 22.4. The van der Waals surface area contributed by atoms with Crippen molar-refractivity contribution in [3.05, 3.63) is 191 Å². The van der Waals surface area contributed by atoms with Crippen LogP contribution in [0.5, 0.6) is 0 Å². The molecule has 0 radical (unpaired) electrons. The van der Waals surface area contributed by atoms with Gasteiger partial charge in [-0.05, 0) is 167 Å². The van der Waals surface area contributed by atoms with E-state index in [4.69, 9.17) is 0 Å². The van der Waals surface area contributed by atoms with Crippen LogP contribution in [0.15, 0.2) is 144 Å². The molecular formula is C60H58F4N12O6S2. The number of hydrogen-bond acceptors (Lipinski definition) is 12. The lowest BCUT2D eigenvalue weighted by Gasteiger charge is -2.49. The first-order valence-electron chi connectivity index (χ1n) is 27.9. The highest BCUT2D eigenvalue weighted by Crippen LogP contribution is 2.57. The minimum Gasteiger partial charge on any atom is -0.386 e. The third kappa shape index (κ3) is 9.93. The average Bonchev–Trinajstić information content (AvgIpc) is 1.51. The Kier molecular flexibility index (Phi) is 13.9. The Balaban J connectivity index is 0.000000157. The Morgan fingerprint density at radius 2 is 1.08 bits per heavy atom. The topological polar surface area (TPSA) is 209 Å². The molecule has 0 amide bonds. The number of imidazole rings is 2. The van der Waals surface area contributed by atoms with E-state index in [0.29, 0.717) is 49.9 Å². The zero-order chi connectivity index (χ0) is 58.5. The molecule has 8 aromatic rings. The van der Waals surface area contributed by atoms with E-state index < -0.39 is 60.7 Å². The molecule has 84 heavy (non-hydrogen) atoms. The molecule has 1 unspecified atom stereocenters. The summed E-state index contributed by atoms with van der Waals surface area (Å²) in [5.41, 5.74) is 4.50. The molecule has 0 bridgehead atoms. The minimum absolute atomic E-state index is 0.00137. The standard InChI is InChI=1S/C30H30F2N6O3S.C30H28F2N6O3S/c2*1-36-17-28(34-18-36)42(40,41)38(24-8-9-24)25-5-2-20-12-27-19(16-35-37(27)23-6-3-21(31)4-7-23)14-30(20,15-25)29(39)26-13-22(32)10-11-33-26/h3-4,6-7,10-13,16-18,24-25,29,39H,2,5,8-9,14-15H2,1H3;3-4,6-7,10-13,16-18,24-25H,2,5,8-9,14-15H2,1H3/t25-,29?,30-;25-,30-/m00/s1. The van der Waals surface area contributed by atoms with Gasteiger partial charge in [0.2, 0.25) is 0 Å². The van der Waals surface area contributed by atoms with Crippen LogP contribution in [0.25, 0.3) is 23.5 Å². The Morgan fingerprint density at radius 1 is 0.595 bits per heavy atom. The van der Waals surface area contributed by atoms with Gasteiger partial charge in [0.15, 0.2) is 15.8 Å². The van der Waals surface area contributed by atoms with Gasteiger partial charge >= 0.3 is 0 Å². The number of aliphatic hydroxyl groups excluding tert-OH is 1. The average molecular weight is 1180 g/mol. The molecule has 18 nitrogen and oxygen atoms in total. The highest BCUT2D eigenvalue weighted by Gasteiger charge is 2.56. The third-order valence-corrected chi connectivity index (χ3v) is 21.2. The van der Waals surface area contributed by atoms with Crippen molar-refractivity contribution in [2.45, 2.75) is 117 Å². The molecule has 1 N–H and O–H groups in total. The second-order valence-corrected chi connectivity index (χ2v) is 26.6. The van der Waals surface area contributed by atoms with Gasteiger partial charge in [0.1, 0.15) is 35.1 Å². The maximum atomic E-state index is 14.4. The zero-order valence-electron chi connectivity index (χ0n) is 45.8. The van der Waals surface area contributed by atoms with Crippen LogP contribution in [0.4, 0.5) is 17.6 Å². The molecule has 434 valence electrons. The molecule has 6 aliphatic carbocycles. The van der Waals surface area contributed by atoms with Gasteiger partial charge in [-0.15, -0.1) is 0 Å². The molecular weight excluding hydrogens is 1120 g/mol. The molecule has 0 saturated heterocycles. The predicted molar refractivity (Wildman–Crippen MR) is 299 cm³/mol. The summed E-state index contributed by atoms with van der Waals surface area (Å²) in [4.78, 5) is 31.2. The molecule has 6 aromatic heterocycles. The Labute approximate surface area is 482 Å². The third-order valence-electron chi connectivity index (χ3n) is 17.4. The van der Waals surface area contributed by atoms with Gasteiger partial charge < -0.3 is 14.2 Å². The maximum absolute atomic E-state index is 14.4. The fraction of sp³-hybridized carbons (Fsp3) is 0.350. The highest BCUT2D eigenvalue weighted by molar-refractivity contribution is 7.89. The van der Waals surface area contributed by atoms with Crippen LogP contribution in [-0.4, -0.2) is 109 Å². The number of aromatic nitrogens is 10. The van der Waals surface area contributed by atoms with E-state index in [0.717, 1.165) is 65.4 Å². The van der Waals surface area contributed by atoms with E-state index in [9.17, 15) is 44.3 Å². The number of nitrogens with zero attached hydrogens (tertiary/aromatic N) is 12. The Bertz CT molecular complexity index is 4170. The number of aryl methyl sites for hydroxylation is 2. The first-order valence-corrected chi connectivity index (χ1v) is 30.8. The largest absolute Gasteiger partial charge is 0.386 e. The number of carbonyl (C=O) groups is 1. The molecule has 4 fully saturated rings. The Hall–Kier alpha value is -7.77. The van der Waals surface area contributed by atoms with Crippen LogP contribution in [-0.2, 0) is 47.0 Å². The lowest BCUT2D eigenvalue weighted by atomic mass is 9.59. The number of fused-ring (bicyclic) bond motifs is 4. The summed E-state index contributed by atoms with van der Waals surface area (Å²) in [6, 6.07) is 15.7. The first kappa shape index (κ1) is 55.4. The van der Waals surface area contributed by atoms with Crippen molar-refractivity contribution in [3.63, 3.8) is 0 Å². The van der Waals surface area contributed by atoms with Crippen molar-refractivity contribution in [3.8, 4) is 11.4 Å². The summed E-state index contributed by atoms with van der Waals surface area (Å²) in [6.45, 7) is 0. The highest BCUT2D eigenvalue weighted by atomic mass is 32.2. The van der Waals surface area contributed by atoms with Crippen molar-refractivity contribution >= 4 is 38.0 Å². The number of benzene rings is 2.